The van der Waals surface area contributed by atoms with Gasteiger partial charge >= 0.3 is 0 Å². The zero-order valence-corrected chi connectivity index (χ0v) is 18.2. The number of benzene rings is 1. The van der Waals surface area contributed by atoms with Gasteiger partial charge in [0, 0.05) is 6.04 Å². The third kappa shape index (κ3) is 4.96. The molecule has 0 aliphatic heterocycles. The Hall–Kier alpha value is -3.69. The Bertz CT molecular complexity index is 1090. The van der Waals surface area contributed by atoms with Crippen molar-refractivity contribution in [1.82, 2.24) is 25.5 Å². The molecule has 2 aromatic heterocycles. The molecule has 4 rings (SSSR count). The van der Waals surface area contributed by atoms with Crippen LogP contribution in [0.15, 0.2) is 40.8 Å². The summed E-state index contributed by atoms with van der Waals surface area (Å²) in [6.45, 7) is 1.50. The SMILES string of the molecule is COc1ccccc1N(CC(=O)NC1CCCC1)C(=O)Cn1nnc(-c2ccc(C)o2)n1. The van der Waals surface area contributed by atoms with Gasteiger partial charge in [-0.25, -0.2) is 0 Å². The Morgan fingerprint density at radius 3 is 2.72 bits per heavy atom. The number of nitrogens with one attached hydrogen (secondary N) is 1. The molecular formula is C22H26N6O4. The number of aryl methyl sites for hydroxylation is 1. The summed E-state index contributed by atoms with van der Waals surface area (Å²) >= 11 is 0. The van der Waals surface area contributed by atoms with Gasteiger partial charge in [-0.2, -0.15) is 4.80 Å². The molecule has 1 N–H and O–H groups in total. The fraction of sp³-hybridized carbons (Fsp3) is 0.409. The van der Waals surface area contributed by atoms with E-state index in [2.05, 4.69) is 20.7 Å². The lowest BCUT2D eigenvalue weighted by atomic mass is 10.2. The second-order valence-electron chi connectivity index (χ2n) is 7.75. The maximum Gasteiger partial charge on any atom is 0.251 e. The van der Waals surface area contributed by atoms with Gasteiger partial charge in [-0.3, -0.25) is 14.5 Å². The van der Waals surface area contributed by atoms with Gasteiger partial charge in [0.15, 0.2) is 5.76 Å². The van der Waals surface area contributed by atoms with Gasteiger partial charge in [-0.1, -0.05) is 25.0 Å². The van der Waals surface area contributed by atoms with Gasteiger partial charge in [-0.15, -0.1) is 10.2 Å². The molecule has 1 aliphatic carbocycles. The number of ether oxygens (including phenoxy) is 1. The number of methoxy groups -OCH3 is 1. The quantitative estimate of drug-likeness (QED) is 0.574. The number of nitrogens with zero attached hydrogens (tertiary/aromatic N) is 5. The Kier molecular flexibility index (Phi) is 6.48. The molecule has 0 radical (unpaired) electrons. The topological polar surface area (TPSA) is 115 Å². The van der Waals surface area contributed by atoms with Crippen molar-refractivity contribution in [2.24, 2.45) is 0 Å². The van der Waals surface area contributed by atoms with Crippen LogP contribution in [0, 0.1) is 6.92 Å². The third-order valence-corrected chi connectivity index (χ3v) is 5.39. The lowest BCUT2D eigenvalue weighted by Gasteiger charge is -2.24. The van der Waals surface area contributed by atoms with E-state index in [4.69, 9.17) is 9.15 Å². The van der Waals surface area contributed by atoms with Crippen molar-refractivity contribution in [3.8, 4) is 17.3 Å². The first-order chi connectivity index (χ1) is 15.5. The minimum absolute atomic E-state index is 0.130. The molecule has 10 nitrogen and oxygen atoms in total. The zero-order chi connectivity index (χ0) is 22.5. The predicted octanol–water partition coefficient (Wildman–Crippen LogP) is 2.34. The first-order valence-corrected chi connectivity index (χ1v) is 10.6. The highest BCUT2D eigenvalue weighted by Crippen LogP contribution is 2.28. The van der Waals surface area contributed by atoms with Crippen LogP contribution in [0.2, 0.25) is 0 Å². The first-order valence-electron chi connectivity index (χ1n) is 10.6. The smallest absolute Gasteiger partial charge is 0.251 e. The lowest BCUT2D eigenvalue weighted by molar-refractivity contribution is -0.124. The number of amides is 2. The highest BCUT2D eigenvalue weighted by molar-refractivity contribution is 5.99. The van der Waals surface area contributed by atoms with Crippen molar-refractivity contribution in [3.63, 3.8) is 0 Å². The fourth-order valence-electron chi connectivity index (χ4n) is 3.82. The van der Waals surface area contributed by atoms with E-state index in [1.165, 1.54) is 16.8 Å². The van der Waals surface area contributed by atoms with Crippen LogP contribution in [0.25, 0.3) is 11.6 Å². The molecule has 3 aromatic rings. The molecule has 0 saturated heterocycles. The maximum absolute atomic E-state index is 13.2. The fourth-order valence-corrected chi connectivity index (χ4v) is 3.82. The summed E-state index contributed by atoms with van der Waals surface area (Å²) in [5, 5.41) is 15.2. The minimum atomic E-state index is -0.365. The molecule has 1 aliphatic rings. The summed E-state index contributed by atoms with van der Waals surface area (Å²) in [6, 6.07) is 10.8. The summed E-state index contributed by atoms with van der Waals surface area (Å²) in [5.74, 6) is 1.40. The number of para-hydroxylation sites is 2. The number of hydrogen-bond donors (Lipinski definition) is 1. The molecule has 1 saturated carbocycles. The van der Waals surface area contributed by atoms with Crippen molar-refractivity contribution in [1.29, 1.82) is 0 Å². The summed E-state index contributed by atoms with van der Waals surface area (Å²) in [6.07, 6.45) is 4.14. The molecule has 2 heterocycles. The molecular weight excluding hydrogens is 412 g/mol. The van der Waals surface area contributed by atoms with Gasteiger partial charge in [0.05, 0.1) is 12.8 Å². The highest BCUT2D eigenvalue weighted by atomic mass is 16.5. The van der Waals surface area contributed by atoms with Gasteiger partial charge in [0.25, 0.3) is 5.91 Å². The largest absolute Gasteiger partial charge is 0.495 e. The Balaban J connectivity index is 1.52. The van der Waals surface area contributed by atoms with Crippen LogP contribution in [0.5, 0.6) is 5.75 Å². The predicted molar refractivity (Wildman–Crippen MR) is 116 cm³/mol. The zero-order valence-electron chi connectivity index (χ0n) is 18.2. The molecule has 32 heavy (non-hydrogen) atoms. The van der Waals surface area contributed by atoms with Crippen molar-refractivity contribution in [3.05, 3.63) is 42.2 Å². The van der Waals surface area contributed by atoms with E-state index < -0.39 is 0 Å². The lowest BCUT2D eigenvalue weighted by Crippen LogP contribution is -2.45. The Labute approximate surface area is 185 Å². The summed E-state index contributed by atoms with van der Waals surface area (Å²) < 4.78 is 10.9. The van der Waals surface area contributed by atoms with Crippen molar-refractivity contribution >= 4 is 17.5 Å². The van der Waals surface area contributed by atoms with Crippen molar-refractivity contribution < 1.29 is 18.7 Å². The highest BCUT2D eigenvalue weighted by Gasteiger charge is 2.25. The van der Waals surface area contributed by atoms with Crippen LogP contribution in [-0.4, -0.2) is 51.7 Å². The number of hydrogen-bond acceptors (Lipinski definition) is 7. The molecule has 168 valence electrons. The van der Waals surface area contributed by atoms with Crippen LogP contribution >= 0.6 is 0 Å². The minimum Gasteiger partial charge on any atom is -0.495 e. The number of carbonyl (C=O) groups is 2. The number of anilines is 1. The molecule has 10 heteroatoms. The third-order valence-electron chi connectivity index (χ3n) is 5.39. The maximum atomic E-state index is 13.2. The summed E-state index contributed by atoms with van der Waals surface area (Å²) in [5.41, 5.74) is 0.503. The van der Waals surface area contributed by atoms with E-state index in [0.717, 1.165) is 31.4 Å². The van der Waals surface area contributed by atoms with Crippen LogP contribution in [-0.2, 0) is 16.1 Å². The van der Waals surface area contributed by atoms with E-state index in [1.54, 1.807) is 36.4 Å². The first kappa shape index (κ1) is 21.5. The average molecular weight is 438 g/mol. The van der Waals surface area contributed by atoms with E-state index in [0.29, 0.717) is 17.2 Å². The van der Waals surface area contributed by atoms with E-state index >= 15 is 0 Å². The van der Waals surface area contributed by atoms with Gasteiger partial charge in [0.1, 0.15) is 24.6 Å². The molecule has 0 bridgehead atoms. The standard InChI is InChI=1S/C22H26N6O4/c1-15-11-12-19(32-15)22-24-26-28(25-22)14-21(30)27(17-9-5-6-10-18(17)31-2)13-20(29)23-16-7-3-4-8-16/h5-6,9-12,16H,3-4,7-8,13-14H2,1-2H3,(H,23,29). The molecule has 1 fully saturated rings. The monoisotopic (exact) mass is 438 g/mol. The number of tetrazole rings is 1. The normalized spacial score (nSPS) is 13.8. The van der Waals surface area contributed by atoms with Crippen molar-refractivity contribution in [2.45, 2.75) is 45.2 Å². The van der Waals surface area contributed by atoms with Gasteiger partial charge in [-0.05, 0) is 49.2 Å². The number of rotatable bonds is 8. The van der Waals surface area contributed by atoms with Crippen molar-refractivity contribution in [2.75, 3.05) is 18.6 Å². The number of aromatic nitrogens is 4. The van der Waals surface area contributed by atoms with Crippen LogP contribution in [0.1, 0.15) is 31.4 Å². The Morgan fingerprint density at radius 2 is 2.00 bits per heavy atom. The van der Waals surface area contributed by atoms with E-state index in [1.807, 2.05) is 6.92 Å². The summed E-state index contributed by atoms with van der Waals surface area (Å²) in [4.78, 5) is 28.5. The van der Waals surface area contributed by atoms with Gasteiger partial charge in [0.2, 0.25) is 11.7 Å². The molecule has 2 amide bonds. The van der Waals surface area contributed by atoms with Crippen LogP contribution < -0.4 is 15.0 Å². The molecule has 0 spiro atoms. The number of furan rings is 1. The van der Waals surface area contributed by atoms with Crippen LogP contribution in [0.3, 0.4) is 0 Å². The molecule has 0 atom stereocenters. The average Bonchev–Trinajstić information content (AvgIpc) is 3.54. The molecule has 0 unspecified atom stereocenters. The van der Waals surface area contributed by atoms with Crippen LogP contribution in [0.4, 0.5) is 5.69 Å². The van der Waals surface area contributed by atoms with E-state index in [9.17, 15) is 9.59 Å². The van der Waals surface area contributed by atoms with E-state index in [-0.39, 0.29) is 36.8 Å². The summed E-state index contributed by atoms with van der Waals surface area (Å²) in [7, 11) is 1.52. The second-order valence-corrected chi connectivity index (χ2v) is 7.75. The number of carbonyl (C=O) groups excluding carboxylic acids is 2. The Morgan fingerprint density at radius 1 is 1.22 bits per heavy atom. The second kappa shape index (κ2) is 9.63. The molecule has 1 aromatic carbocycles. The van der Waals surface area contributed by atoms with Gasteiger partial charge < -0.3 is 14.5 Å².